The predicted octanol–water partition coefficient (Wildman–Crippen LogP) is 5.80. The van der Waals surface area contributed by atoms with Crippen molar-refractivity contribution in [3.05, 3.63) is 0 Å². The molecule has 5 nitrogen and oxygen atoms in total. The lowest BCUT2D eigenvalue weighted by Crippen LogP contribution is -2.54. The van der Waals surface area contributed by atoms with Crippen molar-refractivity contribution in [2.24, 2.45) is 35.0 Å². The average Bonchev–Trinajstić information content (AvgIpc) is 3.26. The highest BCUT2D eigenvalue weighted by Crippen LogP contribution is 2.55. The lowest BCUT2D eigenvalue weighted by atomic mass is 9.55. The van der Waals surface area contributed by atoms with Crippen molar-refractivity contribution in [3.8, 4) is 0 Å². The molecule has 1 saturated heterocycles. The predicted molar refractivity (Wildman–Crippen MR) is 142 cm³/mol. The smallest absolute Gasteiger partial charge is 0.211 e. The molecular weight excluding hydrogens is 461 g/mol. The minimum atomic E-state index is -3.20. The summed E-state index contributed by atoms with van der Waals surface area (Å²) in [4.78, 5) is 0. The van der Waals surface area contributed by atoms with Crippen LogP contribution in [0.5, 0.6) is 0 Å². The molecule has 7 heteroatoms. The largest absolute Gasteiger partial charge is 0.313 e. The van der Waals surface area contributed by atoms with Crippen LogP contribution in [0, 0.1) is 40.4 Å². The first-order valence-electron chi connectivity index (χ1n) is 14.5. The Hall–Kier alpha value is -0.530. The summed E-state index contributed by atoms with van der Waals surface area (Å²) in [6.45, 7) is 5.99. The summed E-state index contributed by atoms with van der Waals surface area (Å²) < 4.78 is 40.6. The van der Waals surface area contributed by atoms with Gasteiger partial charge < -0.3 is 10.7 Å². The summed E-state index contributed by atoms with van der Waals surface area (Å²) in [5, 5.41) is 12.2. The van der Waals surface area contributed by atoms with Crippen molar-refractivity contribution in [1.29, 1.82) is 5.41 Å². The fourth-order valence-electron chi connectivity index (χ4n) is 8.33. The standard InChI is InChI=1S/C28H50FN3O2S/c1-20(2)25-16-27(31-24-11-9-23(29)10-12-24)22(18-30)15-26(25)28(17-21-7-5-4-6-8-21)13-14-32(19-28)35(3,33)34/h18,20-27,30-31H,4-17,19H2,1-3H3. The number of sulfonamides is 1. The normalized spacial score (nSPS) is 40.3. The van der Waals surface area contributed by atoms with Crippen LogP contribution < -0.4 is 5.32 Å². The second-order valence-electron chi connectivity index (χ2n) is 13.0. The number of hydrogen-bond donors (Lipinski definition) is 2. The van der Waals surface area contributed by atoms with Gasteiger partial charge in [0.1, 0.15) is 6.17 Å². The van der Waals surface area contributed by atoms with E-state index >= 15 is 0 Å². The van der Waals surface area contributed by atoms with Crippen molar-refractivity contribution in [1.82, 2.24) is 9.62 Å². The molecule has 0 aromatic carbocycles. The third-order valence-electron chi connectivity index (χ3n) is 10.3. The van der Waals surface area contributed by atoms with Crippen LogP contribution in [-0.4, -0.2) is 56.5 Å². The van der Waals surface area contributed by atoms with Crippen molar-refractivity contribution in [2.75, 3.05) is 19.3 Å². The molecule has 4 fully saturated rings. The molecule has 0 aromatic heterocycles. The molecule has 5 unspecified atom stereocenters. The van der Waals surface area contributed by atoms with Gasteiger partial charge in [0.25, 0.3) is 0 Å². The second-order valence-corrected chi connectivity index (χ2v) is 14.9. The number of hydrogen-bond acceptors (Lipinski definition) is 4. The maximum absolute atomic E-state index is 13.7. The van der Waals surface area contributed by atoms with Crippen molar-refractivity contribution >= 4 is 16.2 Å². The molecule has 1 aliphatic heterocycles. The minimum absolute atomic E-state index is 0.0263. The van der Waals surface area contributed by atoms with Gasteiger partial charge in [-0.1, -0.05) is 46.0 Å². The zero-order valence-electron chi connectivity index (χ0n) is 22.4. The molecule has 202 valence electrons. The topological polar surface area (TPSA) is 73.3 Å². The van der Waals surface area contributed by atoms with Gasteiger partial charge in [0, 0.05) is 31.1 Å². The van der Waals surface area contributed by atoms with Crippen LogP contribution in [0.3, 0.4) is 0 Å². The van der Waals surface area contributed by atoms with Gasteiger partial charge in [-0.3, -0.25) is 0 Å². The zero-order chi connectivity index (χ0) is 25.2. The third kappa shape index (κ3) is 6.49. The van der Waals surface area contributed by atoms with Gasteiger partial charge in [-0.05, 0) is 86.7 Å². The first kappa shape index (κ1) is 27.5. The Morgan fingerprint density at radius 1 is 1.09 bits per heavy atom. The zero-order valence-corrected chi connectivity index (χ0v) is 23.2. The summed E-state index contributed by atoms with van der Waals surface area (Å²) in [5.41, 5.74) is 0.0263. The van der Waals surface area contributed by atoms with Gasteiger partial charge in [-0.25, -0.2) is 17.1 Å². The summed E-state index contributed by atoms with van der Waals surface area (Å²) >= 11 is 0. The van der Waals surface area contributed by atoms with Gasteiger partial charge in [-0.2, -0.15) is 0 Å². The van der Waals surface area contributed by atoms with Crippen LogP contribution in [0.4, 0.5) is 4.39 Å². The maximum Gasteiger partial charge on any atom is 0.211 e. The highest BCUT2D eigenvalue weighted by atomic mass is 32.2. The summed E-state index contributed by atoms with van der Waals surface area (Å²) in [6, 6.07) is 0.638. The molecule has 4 aliphatic rings. The molecule has 2 N–H and O–H groups in total. The molecule has 0 bridgehead atoms. The van der Waals surface area contributed by atoms with Crippen LogP contribution >= 0.6 is 0 Å². The van der Waals surface area contributed by atoms with E-state index in [2.05, 4.69) is 19.2 Å². The lowest BCUT2D eigenvalue weighted by Gasteiger charge is -2.52. The molecule has 0 amide bonds. The van der Waals surface area contributed by atoms with Crippen molar-refractivity contribution in [3.63, 3.8) is 0 Å². The Morgan fingerprint density at radius 3 is 2.34 bits per heavy atom. The SMILES string of the molecule is CC(C)C1CC(NC2CCC(F)CC2)C(C=N)CC1C1(CC2CCCCC2)CCN(S(C)(=O)=O)C1. The Bertz CT molecular complexity index is 807. The van der Waals surface area contributed by atoms with Crippen molar-refractivity contribution < 1.29 is 12.8 Å². The highest BCUT2D eigenvalue weighted by Gasteiger charge is 2.53. The number of nitrogens with one attached hydrogen (secondary N) is 2. The molecule has 0 spiro atoms. The van der Waals surface area contributed by atoms with E-state index < -0.39 is 16.2 Å². The quantitative estimate of drug-likeness (QED) is 0.405. The summed E-state index contributed by atoms with van der Waals surface area (Å²) in [7, 11) is -3.20. The van der Waals surface area contributed by atoms with Gasteiger partial charge in [0.05, 0.1) is 6.26 Å². The van der Waals surface area contributed by atoms with E-state index in [1.807, 2.05) is 0 Å². The third-order valence-corrected chi connectivity index (χ3v) is 11.5. The second kappa shape index (κ2) is 11.5. The van der Waals surface area contributed by atoms with E-state index in [0.717, 1.165) is 38.5 Å². The lowest BCUT2D eigenvalue weighted by molar-refractivity contribution is 0.00101. The van der Waals surface area contributed by atoms with Crippen LogP contribution in [0.2, 0.25) is 0 Å². The molecule has 0 aromatic rings. The van der Waals surface area contributed by atoms with E-state index in [1.165, 1.54) is 38.4 Å². The maximum atomic E-state index is 13.7. The number of rotatable bonds is 8. The Kier molecular flexibility index (Phi) is 9.01. The van der Waals surface area contributed by atoms with E-state index in [-0.39, 0.29) is 17.4 Å². The summed E-state index contributed by atoms with van der Waals surface area (Å²) in [5.74, 6) is 2.37. The molecule has 3 aliphatic carbocycles. The fraction of sp³-hybridized carbons (Fsp3) is 0.964. The first-order valence-corrected chi connectivity index (χ1v) is 16.3. The van der Waals surface area contributed by atoms with E-state index in [0.29, 0.717) is 55.6 Å². The Balaban J connectivity index is 1.57. The fourth-order valence-corrected chi connectivity index (χ4v) is 9.24. The minimum Gasteiger partial charge on any atom is -0.313 e. The van der Waals surface area contributed by atoms with Crippen LogP contribution in [0.25, 0.3) is 0 Å². The average molecular weight is 512 g/mol. The monoisotopic (exact) mass is 511 g/mol. The summed E-state index contributed by atoms with van der Waals surface area (Å²) in [6.07, 6.45) is 16.2. The molecule has 0 radical (unpaired) electrons. The van der Waals surface area contributed by atoms with Gasteiger partial charge >= 0.3 is 0 Å². The molecule has 5 atom stereocenters. The Morgan fingerprint density at radius 2 is 1.77 bits per heavy atom. The molecular formula is C28H50FN3O2S. The van der Waals surface area contributed by atoms with Gasteiger partial charge in [-0.15, -0.1) is 0 Å². The molecule has 3 saturated carbocycles. The number of halogens is 1. The van der Waals surface area contributed by atoms with E-state index in [4.69, 9.17) is 5.41 Å². The van der Waals surface area contributed by atoms with Crippen LogP contribution in [0.15, 0.2) is 0 Å². The van der Waals surface area contributed by atoms with E-state index in [1.54, 1.807) is 10.5 Å². The Labute approximate surface area is 213 Å². The number of alkyl halides is 1. The van der Waals surface area contributed by atoms with Crippen molar-refractivity contribution in [2.45, 2.75) is 116 Å². The van der Waals surface area contributed by atoms with Crippen LogP contribution in [-0.2, 0) is 10.0 Å². The molecule has 1 heterocycles. The van der Waals surface area contributed by atoms with Gasteiger partial charge in [0.2, 0.25) is 10.0 Å². The first-order chi connectivity index (χ1) is 16.6. The highest BCUT2D eigenvalue weighted by molar-refractivity contribution is 7.88. The molecule has 4 rings (SSSR count). The van der Waals surface area contributed by atoms with Gasteiger partial charge in [0.15, 0.2) is 0 Å². The van der Waals surface area contributed by atoms with Crippen LogP contribution in [0.1, 0.15) is 97.3 Å². The molecule has 35 heavy (non-hydrogen) atoms. The number of nitrogens with zero attached hydrogens (tertiary/aromatic N) is 1. The van der Waals surface area contributed by atoms with E-state index in [9.17, 15) is 12.8 Å².